The summed E-state index contributed by atoms with van der Waals surface area (Å²) in [5.41, 5.74) is -0.157. The van der Waals surface area contributed by atoms with Gasteiger partial charge in [0.15, 0.2) is 0 Å². The van der Waals surface area contributed by atoms with Crippen molar-refractivity contribution in [3.8, 4) is 11.5 Å². The number of rotatable bonds is 6. The summed E-state index contributed by atoms with van der Waals surface area (Å²) >= 11 is 12.5. The van der Waals surface area contributed by atoms with Crippen LogP contribution in [-0.4, -0.2) is 26.0 Å². The second kappa shape index (κ2) is 12.0. The van der Waals surface area contributed by atoms with E-state index in [4.69, 9.17) is 27.9 Å². The van der Waals surface area contributed by atoms with Crippen molar-refractivity contribution in [1.82, 2.24) is 0 Å². The van der Waals surface area contributed by atoms with Crippen molar-refractivity contribution in [3.63, 3.8) is 0 Å². The molecule has 0 radical (unpaired) electrons. The minimum Gasteiger partial charge on any atom is -0.870 e. The summed E-state index contributed by atoms with van der Waals surface area (Å²) in [5, 5.41) is 25.3. The van der Waals surface area contributed by atoms with Gasteiger partial charge in [0.1, 0.15) is 16.5 Å². The number of carbonyl (C=O) groups excluding carboxylic acids is 1. The van der Waals surface area contributed by atoms with Crippen molar-refractivity contribution < 1.29 is 57.2 Å². The fraction of sp³-hybridized carbons (Fsp3) is 0.0800. The number of hydrogen-bond donors (Lipinski definition) is 2. The quantitative estimate of drug-likeness (QED) is 0.203. The van der Waals surface area contributed by atoms with Gasteiger partial charge in [0.25, 0.3) is 16.0 Å². The van der Waals surface area contributed by atoms with Crippen LogP contribution in [0.3, 0.4) is 0 Å². The first-order chi connectivity index (χ1) is 17.5. The Balaban J connectivity index is 0.00000400. The number of ether oxygens (including phenoxy) is 1. The fourth-order valence-electron chi connectivity index (χ4n) is 3.68. The molecule has 4 rings (SSSR count). The van der Waals surface area contributed by atoms with E-state index >= 15 is 0 Å². The number of nitrogens with zero attached hydrogens (tertiary/aromatic N) is 2. The van der Waals surface area contributed by atoms with E-state index in [0.717, 1.165) is 6.07 Å². The average molecular weight is 582 g/mol. The standard InChI is InChI=1S/C25H19Cl2N3O6S.Na/c1-13-20(37(33,34)35)11-10-17(26)22(13)29-30-23-15-7-4-3-6-14(15)12-16(24(23)31)25(32)28-18-8-5-9-19(36-2)21(18)27;/h3-12,31H,1-2H3,(H,28,32)(H,33,34,35);/q;+1/p-1. The smallest absolute Gasteiger partial charge is 0.870 e. The first-order valence-corrected chi connectivity index (χ1v) is 12.8. The average Bonchev–Trinajstić information content (AvgIpc) is 2.85. The van der Waals surface area contributed by atoms with Gasteiger partial charge in [0, 0.05) is 10.9 Å². The Morgan fingerprint density at radius 2 is 1.71 bits per heavy atom. The van der Waals surface area contributed by atoms with E-state index in [1.165, 1.54) is 26.2 Å². The van der Waals surface area contributed by atoms with Gasteiger partial charge >= 0.3 is 29.6 Å². The normalized spacial score (nSPS) is 11.4. The number of halogens is 2. The molecule has 0 aliphatic heterocycles. The van der Waals surface area contributed by atoms with Crippen molar-refractivity contribution in [2.45, 2.75) is 11.8 Å². The zero-order chi connectivity index (χ0) is 26.9. The predicted octanol–water partition coefficient (Wildman–Crippen LogP) is 3.46. The number of hydrogen-bond acceptors (Lipinski definition) is 7. The Hall–Kier alpha value is -2.70. The summed E-state index contributed by atoms with van der Waals surface area (Å²) < 4.78 is 38.0. The molecule has 9 nitrogen and oxygen atoms in total. The molecule has 0 spiro atoms. The molecule has 4 aromatic carbocycles. The second-order valence-electron chi connectivity index (χ2n) is 7.79. The first kappa shape index (κ1) is 29.9. The molecule has 0 aliphatic carbocycles. The van der Waals surface area contributed by atoms with Crippen LogP contribution in [0.5, 0.6) is 11.5 Å². The van der Waals surface area contributed by atoms with Gasteiger partial charge in [-0.2, -0.15) is 13.5 Å². The van der Waals surface area contributed by atoms with Gasteiger partial charge < -0.3 is 15.2 Å². The number of azo groups is 1. The zero-order valence-electron chi connectivity index (χ0n) is 20.3. The third-order valence-electron chi connectivity index (χ3n) is 5.51. The van der Waals surface area contributed by atoms with Crippen LogP contribution < -0.4 is 44.7 Å². The largest absolute Gasteiger partial charge is 1.00 e. The van der Waals surface area contributed by atoms with Gasteiger partial charge in [-0.3, -0.25) is 9.35 Å². The van der Waals surface area contributed by atoms with Crippen LogP contribution >= 0.6 is 23.2 Å². The molecule has 190 valence electrons. The van der Waals surface area contributed by atoms with Gasteiger partial charge in [-0.25, -0.2) is 0 Å². The van der Waals surface area contributed by atoms with E-state index in [1.807, 2.05) is 0 Å². The van der Waals surface area contributed by atoms with E-state index in [0.29, 0.717) is 16.5 Å². The zero-order valence-corrected chi connectivity index (χ0v) is 24.6. The van der Waals surface area contributed by atoms with Crippen molar-refractivity contribution in [2.24, 2.45) is 10.2 Å². The van der Waals surface area contributed by atoms with E-state index in [2.05, 4.69) is 15.5 Å². The maximum atomic E-state index is 13.4. The number of amides is 1. The van der Waals surface area contributed by atoms with Crippen LogP contribution in [0, 0.1) is 6.92 Å². The van der Waals surface area contributed by atoms with Crippen molar-refractivity contribution in [3.05, 3.63) is 81.8 Å². The van der Waals surface area contributed by atoms with Crippen molar-refractivity contribution in [1.29, 1.82) is 0 Å². The molecule has 38 heavy (non-hydrogen) atoms. The number of benzene rings is 4. The summed E-state index contributed by atoms with van der Waals surface area (Å²) in [7, 11) is -3.12. The van der Waals surface area contributed by atoms with Crippen LogP contribution in [0.2, 0.25) is 10.0 Å². The van der Waals surface area contributed by atoms with E-state index in [1.54, 1.807) is 42.5 Å². The maximum absolute atomic E-state index is 13.4. The topological polar surface area (TPSA) is 140 Å². The molecule has 0 unspecified atom stereocenters. The van der Waals surface area contributed by atoms with Crippen molar-refractivity contribution in [2.75, 3.05) is 12.4 Å². The Bertz CT molecular complexity index is 1700. The van der Waals surface area contributed by atoms with Gasteiger partial charge in [0.2, 0.25) is 0 Å². The molecule has 2 N–H and O–H groups in total. The third kappa shape index (κ3) is 5.97. The van der Waals surface area contributed by atoms with Gasteiger partial charge in [-0.05, 0) is 48.2 Å². The molecule has 0 aliphatic rings. The Morgan fingerprint density at radius 3 is 2.39 bits per heavy atom. The Labute approximate surface area is 250 Å². The summed E-state index contributed by atoms with van der Waals surface area (Å²) in [6.07, 6.45) is 0. The summed E-state index contributed by atoms with van der Waals surface area (Å²) in [4.78, 5) is 12.7. The van der Waals surface area contributed by atoms with Gasteiger partial charge in [-0.15, -0.1) is 5.11 Å². The van der Waals surface area contributed by atoms with Crippen LogP contribution in [-0.2, 0) is 10.1 Å². The fourth-order valence-corrected chi connectivity index (χ4v) is 4.90. The minimum atomic E-state index is -4.55. The molecule has 4 aromatic rings. The number of nitrogens with one attached hydrogen (secondary N) is 1. The first-order valence-electron chi connectivity index (χ1n) is 10.6. The number of anilines is 1. The molecule has 0 saturated heterocycles. The second-order valence-corrected chi connectivity index (χ2v) is 9.97. The molecular formula is C25H18Cl2N3NaO6S. The number of fused-ring (bicyclic) bond motifs is 1. The monoisotopic (exact) mass is 581 g/mol. The third-order valence-corrected chi connectivity index (χ3v) is 7.20. The maximum Gasteiger partial charge on any atom is 1.00 e. The molecule has 0 aromatic heterocycles. The van der Waals surface area contributed by atoms with Crippen LogP contribution in [0.25, 0.3) is 10.8 Å². The SMILES string of the molecule is COc1cccc(NC(=O)c2cc3ccccc3c(N=Nc3c(Cl)ccc(S(=O)(=O)O)c3C)c2[O-])c1Cl.[Na+]. The Morgan fingerprint density at radius 1 is 1.03 bits per heavy atom. The van der Waals surface area contributed by atoms with Gasteiger partial charge in [0.05, 0.1) is 28.4 Å². The molecular weight excluding hydrogens is 564 g/mol. The van der Waals surface area contributed by atoms with E-state index in [9.17, 15) is 22.9 Å². The molecule has 13 heteroatoms. The Kier molecular flexibility index (Phi) is 9.43. The van der Waals surface area contributed by atoms with Gasteiger partial charge in [-0.1, -0.05) is 59.3 Å². The molecule has 0 atom stereocenters. The minimum absolute atomic E-state index is 0. The van der Waals surface area contributed by atoms with E-state index in [-0.39, 0.29) is 67.8 Å². The summed E-state index contributed by atoms with van der Waals surface area (Å²) in [6.45, 7) is 1.39. The number of carbonyl (C=O) groups is 1. The summed E-state index contributed by atoms with van der Waals surface area (Å²) in [5.74, 6) is -1.11. The molecule has 0 fully saturated rings. The molecule has 0 saturated carbocycles. The molecule has 0 bridgehead atoms. The van der Waals surface area contributed by atoms with Crippen molar-refractivity contribution >= 4 is 67.1 Å². The summed E-state index contributed by atoms with van der Waals surface area (Å²) in [6, 6.07) is 15.4. The van der Waals surface area contributed by atoms with Crippen LogP contribution in [0.1, 0.15) is 15.9 Å². The van der Waals surface area contributed by atoms with Crippen LogP contribution in [0.4, 0.5) is 17.1 Å². The van der Waals surface area contributed by atoms with Crippen LogP contribution in [0.15, 0.2) is 75.8 Å². The predicted molar refractivity (Wildman–Crippen MR) is 140 cm³/mol. The molecule has 0 heterocycles. The van der Waals surface area contributed by atoms with E-state index < -0.39 is 26.7 Å². The number of methoxy groups -OCH3 is 1. The molecule has 1 amide bonds.